The van der Waals surface area contributed by atoms with Crippen LogP contribution < -0.4 is 5.73 Å². The molecule has 92 valence electrons. The van der Waals surface area contributed by atoms with Gasteiger partial charge in [-0.1, -0.05) is 25.7 Å². The first kappa shape index (κ1) is 11.0. The van der Waals surface area contributed by atoms with Crippen molar-refractivity contribution < 1.29 is 0 Å². The van der Waals surface area contributed by atoms with Gasteiger partial charge in [-0.25, -0.2) is 0 Å². The van der Waals surface area contributed by atoms with Crippen molar-refractivity contribution in [3.05, 3.63) is 0 Å². The van der Waals surface area contributed by atoms with E-state index >= 15 is 0 Å². The number of rotatable bonds is 2. The fourth-order valence-electron chi connectivity index (χ4n) is 4.48. The average Bonchev–Trinajstić information content (AvgIpc) is 2.90. The van der Waals surface area contributed by atoms with E-state index in [1.54, 1.807) is 0 Å². The van der Waals surface area contributed by atoms with Gasteiger partial charge in [0.15, 0.2) is 0 Å². The molecular weight excluding hydrogens is 196 g/mol. The summed E-state index contributed by atoms with van der Waals surface area (Å²) in [5.74, 6) is 2.04. The van der Waals surface area contributed by atoms with E-state index in [0.29, 0.717) is 5.54 Å². The lowest BCUT2D eigenvalue weighted by Gasteiger charge is -2.44. The molecule has 2 aliphatic carbocycles. The molecule has 1 aliphatic heterocycles. The highest BCUT2D eigenvalue weighted by atomic mass is 15.2. The van der Waals surface area contributed by atoms with Gasteiger partial charge in [-0.3, -0.25) is 4.90 Å². The van der Waals surface area contributed by atoms with Gasteiger partial charge in [0.05, 0.1) is 0 Å². The second-order valence-corrected chi connectivity index (χ2v) is 6.35. The molecule has 16 heavy (non-hydrogen) atoms. The van der Waals surface area contributed by atoms with Crippen molar-refractivity contribution in [2.24, 2.45) is 17.6 Å². The minimum Gasteiger partial charge on any atom is -0.329 e. The summed E-state index contributed by atoms with van der Waals surface area (Å²) in [5.41, 5.74) is 6.53. The van der Waals surface area contributed by atoms with E-state index in [-0.39, 0.29) is 0 Å². The molecule has 2 saturated carbocycles. The van der Waals surface area contributed by atoms with Crippen LogP contribution in [0.4, 0.5) is 0 Å². The molecule has 0 amide bonds. The highest BCUT2D eigenvalue weighted by molar-refractivity contribution is 5.00. The van der Waals surface area contributed by atoms with Gasteiger partial charge in [-0.15, -0.1) is 0 Å². The van der Waals surface area contributed by atoms with Gasteiger partial charge in [-0.2, -0.15) is 0 Å². The first-order valence-electron chi connectivity index (χ1n) is 7.29. The minimum absolute atomic E-state index is 0.405. The molecule has 0 spiro atoms. The molecule has 2 heteroatoms. The Balaban J connectivity index is 1.71. The average molecular weight is 222 g/mol. The quantitative estimate of drug-likeness (QED) is 0.777. The van der Waals surface area contributed by atoms with Crippen LogP contribution in [0.5, 0.6) is 0 Å². The minimum atomic E-state index is 0.405. The normalized spacial score (nSPS) is 38.8. The maximum atomic E-state index is 6.13. The number of nitrogens with two attached hydrogens (primary N) is 1. The summed E-state index contributed by atoms with van der Waals surface area (Å²) < 4.78 is 0. The van der Waals surface area contributed by atoms with Gasteiger partial charge in [-0.05, 0) is 37.5 Å². The van der Waals surface area contributed by atoms with E-state index in [9.17, 15) is 0 Å². The zero-order valence-corrected chi connectivity index (χ0v) is 10.5. The van der Waals surface area contributed by atoms with Crippen LogP contribution >= 0.6 is 0 Å². The lowest BCUT2D eigenvalue weighted by molar-refractivity contribution is 0.0726. The maximum absolute atomic E-state index is 6.13. The molecule has 0 bridgehead atoms. The zero-order chi connectivity index (χ0) is 11.0. The summed E-state index contributed by atoms with van der Waals surface area (Å²) in [4.78, 5) is 2.79. The van der Waals surface area contributed by atoms with Gasteiger partial charge in [0.2, 0.25) is 0 Å². The van der Waals surface area contributed by atoms with Crippen LogP contribution in [0.25, 0.3) is 0 Å². The van der Waals surface area contributed by atoms with Gasteiger partial charge in [0, 0.05) is 25.2 Å². The molecule has 0 aromatic carbocycles. The van der Waals surface area contributed by atoms with E-state index in [0.717, 1.165) is 18.4 Å². The van der Waals surface area contributed by atoms with E-state index in [4.69, 9.17) is 5.73 Å². The highest BCUT2D eigenvalue weighted by Crippen LogP contribution is 2.43. The molecule has 1 saturated heterocycles. The molecule has 2 atom stereocenters. The molecule has 2 unspecified atom stereocenters. The van der Waals surface area contributed by atoms with Crippen molar-refractivity contribution in [3.8, 4) is 0 Å². The molecule has 0 radical (unpaired) electrons. The Morgan fingerprint density at radius 2 is 1.56 bits per heavy atom. The molecular formula is C14H26N2. The fourth-order valence-corrected chi connectivity index (χ4v) is 4.48. The second kappa shape index (κ2) is 4.30. The van der Waals surface area contributed by atoms with Crippen molar-refractivity contribution in [1.82, 2.24) is 4.90 Å². The number of hydrogen-bond donors (Lipinski definition) is 1. The summed E-state index contributed by atoms with van der Waals surface area (Å²) in [5, 5.41) is 0. The summed E-state index contributed by atoms with van der Waals surface area (Å²) in [6.45, 7) is 3.62. The van der Waals surface area contributed by atoms with Crippen LogP contribution in [0.15, 0.2) is 0 Å². The van der Waals surface area contributed by atoms with Crippen LogP contribution in [0, 0.1) is 11.8 Å². The lowest BCUT2D eigenvalue weighted by atomic mass is 9.80. The SMILES string of the molecule is NCC1(N2CC3CCCC3C2)CCCCC1. The Labute approximate surface area is 99.6 Å². The molecule has 0 aromatic heterocycles. The van der Waals surface area contributed by atoms with Crippen molar-refractivity contribution in [2.75, 3.05) is 19.6 Å². The van der Waals surface area contributed by atoms with Gasteiger partial charge in [0.25, 0.3) is 0 Å². The third-order valence-corrected chi connectivity index (χ3v) is 5.56. The summed E-state index contributed by atoms with van der Waals surface area (Å²) in [7, 11) is 0. The summed E-state index contributed by atoms with van der Waals surface area (Å²) >= 11 is 0. The smallest absolute Gasteiger partial charge is 0.0331 e. The molecule has 3 rings (SSSR count). The van der Waals surface area contributed by atoms with Crippen LogP contribution in [-0.2, 0) is 0 Å². The topological polar surface area (TPSA) is 29.3 Å². The Bertz CT molecular complexity index is 233. The molecule has 3 aliphatic rings. The maximum Gasteiger partial charge on any atom is 0.0331 e. The number of likely N-dealkylation sites (tertiary alicyclic amines) is 1. The Hall–Kier alpha value is -0.0800. The standard InChI is InChI=1S/C14H26N2/c15-11-14(7-2-1-3-8-14)16-9-12-5-4-6-13(12)10-16/h12-13H,1-11,15H2. The van der Waals surface area contributed by atoms with Crippen LogP contribution in [-0.4, -0.2) is 30.1 Å². The predicted octanol–water partition coefficient (Wildman–Crippen LogP) is 2.38. The van der Waals surface area contributed by atoms with E-state index in [2.05, 4.69) is 4.90 Å². The summed E-state index contributed by atoms with van der Waals surface area (Å²) in [6.07, 6.45) is 11.4. The molecule has 1 heterocycles. The van der Waals surface area contributed by atoms with Crippen molar-refractivity contribution in [2.45, 2.75) is 56.9 Å². The van der Waals surface area contributed by atoms with Crippen LogP contribution in [0.3, 0.4) is 0 Å². The van der Waals surface area contributed by atoms with E-state index in [1.165, 1.54) is 64.5 Å². The molecule has 3 fully saturated rings. The van der Waals surface area contributed by atoms with Crippen LogP contribution in [0.2, 0.25) is 0 Å². The number of fused-ring (bicyclic) bond motifs is 1. The first-order valence-corrected chi connectivity index (χ1v) is 7.29. The van der Waals surface area contributed by atoms with Crippen molar-refractivity contribution in [3.63, 3.8) is 0 Å². The van der Waals surface area contributed by atoms with Crippen molar-refractivity contribution in [1.29, 1.82) is 0 Å². The first-order chi connectivity index (χ1) is 7.84. The van der Waals surface area contributed by atoms with E-state index < -0.39 is 0 Å². The lowest BCUT2D eigenvalue weighted by Crippen LogP contribution is -2.54. The number of hydrogen-bond acceptors (Lipinski definition) is 2. The third-order valence-electron chi connectivity index (χ3n) is 5.56. The summed E-state index contributed by atoms with van der Waals surface area (Å²) in [6, 6.07) is 0. The predicted molar refractivity (Wildman–Crippen MR) is 67.3 cm³/mol. The molecule has 2 N–H and O–H groups in total. The second-order valence-electron chi connectivity index (χ2n) is 6.35. The fraction of sp³-hybridized carbons (Fsp3) is 1.00. The largest absolute Gasteiger partial charge is 0.329 e. The Morgan fingerprint density at radius 1 is 0.938 bits per heavy atom. The van der Waals surface area contributed by atoms with Crippen LogP contribution in [0.1, 0.15) is 51.4 Å². The van der Waals surface area contributed by atoms with Crippen molar-refractivity contribution >= 4 is 0 Å². The van der Waals surface area contributed by atoms with Gasteiger partial charge >= 0.3 is 0 Å². The zero-order valence-electron chi connectivity index (χ0n) is 10.5. The highest BCUT2D eigenvalue weighted by Gasteiger charge is 2.45. The van der Waals surface area contributed by atoms with E-state index in [1.807, 2.05) is 0 Å². The van der Waals surface area contributed by atoms with Gasteiger partial charge < -0.3 is 5.73 Å². The Kier molecular flexibility index (Phi) is 2.97. The molecule has 2 nitrogen and oxygen atoms in total. The van der Waals surface area contributed by atoms with Gasteiger partial charge in [0.1, 0.15) is 0 Å². The number of nitrogens with zero attached hydrogens (tertiary/aromatic N) is 1. The Morgan fingerprint density at radius 3 is 2.12 bits per heavy atom. The third kappa shape index (κ3) is 1.70. The monoisotopic (exact) mass is 222 g/mol. The molecule has 0 aromatic rings.